The molecule has 0 unspecified atom stereocenters. The molecule has 4 nitrogen and oxygen atoms in total. The molecule has 2 fully saturated rings. The molecule has 4 rings (SSSR count). The molecule has 1 amide bonds. The van der Waals surface area contributed by atoms with Crippen LogP contribution in [0.25, 0.3) is 0 Å². The lowest BCUT2D eigenvalue weighted by atomic mass is 9.82. The number of rotatable bonds is 3. The highest BCUT2D eigenvalue weighted by molar-refractivity contribution is 7.99. The molecule has 1 aliphatic carbocycles. The van der Waals surface area contributed by atoms with Crippen molar-refractivity contribution in [3.05, 3.63) is 41.8 Å². The van der Waals surface area contributed by atoms with E-state index in [-0.39, 0.29) is 5.91 Å². The van der Waals surface area contributed by atoms with Gasteiger partial charge in [-0.2, -0.15) is 0 Å². The Hall–Kier alpha value is -1.75. The molecule has 1 aliphatic heterocycles. The fourth-order valence-corrected chi connectivity index (χ4v) is 4.87. The Morgan fingerprint density at radius 1 is 1.17 bits per heavy atom. The predicted molar refractivity (Wildman–Crippen MR) is 93.2 cm³/mol. The van der Waals surface area contributed by atoms with Gasteiger partial charge in [0.05, 0.1) is 10.6 Å². The summed E-state index contributed by atoms with van der Waals surface area (Å²) in [5, 5.41) is 4.05. The molecular weight excluding hydrogens is 320 g/mol. The number of carbonyl (C=O) groups excluding carboxylic acids is 1. The third-order valence-electron chi connectivity index (χ3n) is 5.23. The van der Waals surface area contributed by atoms with Gasteiger partial charge < -0.3 is 9.42 Å². The number of amides is 1. The standard InChI is InChI=1S/C19H22N2O2S/c1-13-18(24-16-9-3-2-4-10-16)17(23-20-13)19(22)21-11-14-7-5-6-8-15(14)12-21/h2-4,9-10,14-15H,5-8,11-12H2,1H3/t14-,15+. The van der Waals surface area contributed by atoms with E-state index in [0.29, 0.717) is 17.6 Å². The highest BCUT2D eigenvalue weighted by atomic mass is 32.2. The lowest BCUT2D eigenvalue weighted by molar-refractivity contribution is 0.0737. The van der Waals surface area contributed by atoms with Gasteiger partial charge in [0.2, 0.25) is 5.76 Å². The Bertz CT molecular complexity index is 714. The molecule has 1 aromatic carbocycles. The zero-order chi connectivity index (χ0) is 16.5. The number of aryl methyl sites for hydroxylation is 1. The van der Waals surface area contributed by atoms with Crippen LogP contribution in [0, 0.1) is 18.8 Å². The van der Waals surface area contributed by atoms with Crippen molar-refractivity contribution in [1.29, 1.82) is 0 Å². The van der Waals surface area contributed by atoms with Crippen molar-refractivity contribution in [1.82, 2.24) is 10.1 Å². The third-order valence-corrected chi connectivity index (χ3v) is 6.42. The number of fused-ring (bicyclic) bond motifs is 1. The lowest BCUT2D eigenvalue weighted by Crippen LogP contribution is -2.29. The summed E-state index contributed by atoms with van der Waals surface area (Å²) in [6, 6.07) is 10.1. The molecule has 0 spiro atoms. The highest BCUT2D eigenvalue weighted by Crippen LogP contribution is 2.38. The minimum atomic E-state index is 0.00318. The third kappa shape index (κ3) is 2.97. The first-order valence-corrected chi connectivity index (χ1v) is 9.52. The van der Waals surface area contributed by atoms with Crippen LogP contribution in [0.4, 0.5) is 0 Å². The van der Waals surface area contributed by atoms with Crippen molar-refractivity contribution in [2.24, 2.45) is 11.8 Å². The van der Waals surface area contributed by atoms with Crippen molar-refractivity contribution < 1.29 is 9.32 Å². The summed E-state index contributed by atoms with van der Waals surface area (Å²) < 4.78 is 5.43. The molecule has 2 atom stereocenters. The van der Waals surface area contributed by atoms with Gasteiger partial charge in [-0.3, -0.25) is 4.79 Å². The number of hydrogen-bond acceptors (Lipinski definition) is 4. The van der Waals surface area contributed by atoms with E-state index in [0.717, 1.165) is 28.6 Å². The molecule has 24 heavy (non-hydrogen) atoms. The predicted octanol–water partition coefficient (Wildman–Crippen LogP) is 4.40. The number of benzene rings is 1. The van der Waals surface area contributed by atoms with Crippen LogP contribution in [0.1, 0.15) is 41.9 Å². The molecule has 0 bridgehead atoms. The fourth-order valence-electron chi connectivity index (χ4n) is 3.94. The van der Waals surface area contributed by atoms with Gasteiger partial charge in [-0.05, 0) is 43.7 Å². The zero-order valence-corrected chi connectivity index (χ0v) is 14.7. The van der Waals surface area contributed by atoms with Crippen LogP contribution < -0.4 is 0 Å². The average Bonchev–Trinajstić information content (AvgIpc) is 3.20. The average molecular weight is 342 g/mol. The van der Waals surface area contributed by atoms with Gasteiger partial charge in [-0.15, -0.1) is 0 Å². The smallest absolute Gasteiger partial charge is 0.293 e. The topological polar surface area (TPSA) is 46.3 Å². The van der Waals surface area contributed by atoms with E-state index in [1.807, 2.05) is 42.2 Å². The molecule has 0 N–H and O–H groups in total. The van der Waals surface area contributed by atoms with Crippen molar-refractivity contribution in [2.75, 3.05) is 13.1 Å². The first kappa shape index (κ1) is 15.8. The van der Waals surface area contributed by atoms with Crippen molar-refractivity contribution in [2.45, 2.75) is 42.4 Å². The molecular formula is C19H22N2O2S. The van der Waals surface area contributed by atoms with E-state index in [4.69, 9.17) is 4.52 Å². The van der Waals surface area contributed by atoms with Crippen molar-refractivity contribution in [3.8, 4) is 0 Å². The highest BCUT2D eigenvalue weighted by Gasteiger charge is 2.38. The second kappa shape index (κ2) is 6.63. The minimum Gasteiger partial charge on any atom is -0.349 e. The molecule has 1 saturated heterocycles. The zero-order valence-electron chi connectivity index (χ0n) is 13.9. The van der Waals surface area contributed by atoms with Crippen molar-refractivity contribution in [3.63, 3.8) is 0 Å². The van der Waals surface area contributed by atoms with Gasteiger partial charge in [-0.25, -0.2) is 0 Å². The second-order valence-corrected chi connectivity index (χ2v) is 7.94. The maximum absolute atomic E-state index is 13.0. The summed E-state index contributed by atoms with van der Waals surface area (Å²) in [7, 11) is 0. The number of hydrogen-bond donors (Lipinski definition) is 0. The van der Waals surface area contributed by atoms with Crippen LogP contribution >= 0.6 is 11.8 Å². The molecule has 5 heteroatoms. The summed E-state index contributed by atoms with van der Waals surface area (Å²) in [6.45, 7) is 3.65. The van der Waals surface area contributed by atoms with Crippen LogP contribution in [0.5, 0.6) is 0 Å². The number of likely N-dealkylation sites (tertiary alicyclic amines) is 1. The van der Waals surface area contributed by atoms with E-state index >= 15 is 0 Å². The Labute approximate surface area is 146 Å². The van der Waals surface area contributed by atoms with Gasteiger partial charge in [0.15, 0.2) is 0 Å². The van der Waals surface area contributed by atoms with E-state index in [2.05, 4.69) is 5.16 Å². The molecule has 2 heterocycles. The number of carbonyl (C=O) groups is 1. The fraction of sp³-hybridized carbons (Fsp3) is 0.474. The van der Waals surface area contributed by atoms with Crippen LogP contribution in [-0.4, -0.2) is 29.1 Å². The molecule has 2 aromatic rings. The molecule has 0 radical (unpaired) electrons. The molecule has 1 aromatic heterocycles. The monoisotopic (exact) mass is 342 g/mol. The maximum Gasteiger partial charge on any atom is 0.293 e. The minimum absolute atomic E-state index is 0.00318. The summed E-state index contributed by atoms with van der Waals surface area (Å²) in [6.07, 6.45) is 5.13. The normalized spacial score (nSPS) is 23.3. The van der Waals surface area contributed by atoms with Gasteiger partial charge in [0.25, 0.3) is 5.91 Å². The van der Waals surface area contributed by atoms with Crippen LogP contribution in [-0.2, 0) is 0 Å². The van der Waals surface area contributed by atoms with Crippen molar-refractivity contribution >= 4 is 17.7 Å². The maximum atomic E-state index is 13.0. The van der Waals surface area contributed by atoms with Gasteiger partial charge in [-0.1, -0.05) is 48.0 Å². The van der Waals surface area contributed by atoms with Crippen LogP contribution in [0.3, 0.4) is 0 Å². The SMILES string of the molecule is Cc1noc(C(=O)N2C[C@H]3CCCC[C@H]3C2)c1Sc1ccccc1. The summed E-state index contributed by atoms with van der Waals surface area (Å²) in [5.74, 6) is 1.76. The summed E-state index contributed by atoms with van der Waals surface area (Å²) >= 11 is 1.56. The summed E-state index contributed by atoms with van der Waals surface area (Å²) in [5.41, 5.74) is 0.781. The Morgan fingerprint density at radius 3 is 2.50 bits per heavy atom. The number of aromatic nitrogens is 1. The molecule has 1 saturated carbocycles. The first-order valence-electron chi connectivity index (χ1n) is 8.71. The Balaban J connectivity index is 1.55. The van der Waals surface area contributed by atoms with E-state index in [1.165, 1.54) is 25.7 Å². The van der Waals surface area contributed by atoms with Crippen LogP contribution in [0.2, 0.25) is 0 Å². The largest absolute Gasteiger partial charge is 0.349 e. The summed E-state index contributed by atoms with van der Waals surface area (Å²) in [4.78, 5) is 16.9. The van der Waals surface area contributed by atoms with Crippen LogP contribution in [0.15, 0.2) is 44.6 Å². The Kier molecular flexibility index (Phi) is 4.35. The quantitative estimate of drug-likeness (QED) is 0.829. The van der Waals surface area contributed by atoms with Gasteiger partial charge in [0.1, 0.15) is 0 Å². The lowest BCUT2D eigenvalue weighted by Gasteiger charge is -2.22. The first-order chi connectivity index (χ1) is 11.7. The van der Waals surface area contributed by atoms with Gasteiger partial charge in [0, 0.05) is 18.0 Å². The second-order valence-electron chi connectivity index (χ2n) is 6.86. The Morgan fingerprint density at radius 2 is 1.83 bits per heavy atom. The van der Waals surface area contributed by atoms with E-state index < -0.39 is 0 Å². The van der Waals surface area contributed by atoms with Gasteiger partial charge >= 0.3 is 0 Å². The molecule has 2 aliphatic rings. The number of nitrogens with zero attached hydrogens (tertiary/aromatic N) is 2. The van der Waals surface area contributed by atoms with E-state index in [9.17, 15) is 4.79 Å². The van der Waals surface area contributed by atoms with E-state index in [1.54, 1.807) is 11.8 Å². The molecule has 126 valence electrons.